The summed E-state index contributed by atoms with van der Waals surface area (Å²) in [5, 5.41) is 0.409. The van der Waals surface area contributed by atoms with Crippen LogP contribution in [-0.2, 0) is 11.3 Å². The van der Waals surface area contributed by atoms with Gasteiger partial charge in [-0.25, -0.2) is 4.39 Å². The number of nitrogens with two attached hydrogens (primary N) is 1. The van der Waals surface area contributed by atoms with Crippen LogP contribution in [0.25, 0.3) is 0 Å². The Labute approximate surface area is 119 Å². The zero-order chi connectivity index (χ0) is 13.7. The molecule has 1 aliphatic rings. The average Bonchev–Trinajstić information content (AvgIpc) is 2.58. The summed E-state index contributed by atoms with van der Waals surface area (Å²) >= 11 is 5.96. The van der Waals surface area contributed by atoms with Crippen LogP contribution in [-0.4, -0.2) is 12.1 Å². The van der Waals surface area contributed by atoms with Gasteiger partial charge in [-0.2, -0.15) is 0 Å². The van der Waals surface area contributed by atoms with Gasteiger partial charge in [-0.3, -0.25) is 0 Å². The third-order valence-corrected chi connectivity index (χ3v) is 4.15. The lowest BCUT2D eigenvalue weighted by molar-refractivity contribution is 0.0652. The van der Waals surface area contributed by atoms with E-state index in [1.165, 1.54) is 18.9 Å². The Morgan fingerprint density at radius 2 is 1.89 bits per heavy atom. The summed E-state index contributed by atoms with van der Waals surface area (Å²) < 4.78 is 19.2. The van der Waals surface area contributed by atoms with E-state index in [9.17, 15) is 4.39 Å². The zero-order valence-corrected chi connectivity index (χ0v) is 11.9. The summed E-state index contributed by atoms with van der Waals surface area (Å²) in [6, 6.07) is 4.67. The minimum absolute atomic E-state index is 0.185. The minimum atomic E-state index is -0.320. The molecule has 0 saturated heterocycles. The van der Waals surface area contributed by atoms with Crippen molar-refractivity contribution in [2.45, 2.75) is 50.7 Å². The van der Waals surface area contributed by atoms with Crippen LogP contribution in [0, 0.1) is 5.82 Å². The molecule has 1 saturated carbocycles. The molecule has 106 valence electrons. The third-order valence-electron chi connectivity index (χ3n) is 3.80. The van der Waals surface area contributed by atoms with E-state index < -0.39 is 0 Å². The first kappa shape index (κ1) is 14.8. The number of halogens is 2. The Morgan fingerprint density at radius 3 is 2.53 bits per heavy atom. The Balaban J connectivity index is 1.89. The lowest BCUT2D eigenvalue weighted by Gasteiger charge is -2.27. The molecular weight excluding hydrogens is 265 g/mol. The van der Waals surface area contributed by atoms with Crippen molar-refractivity contribution in [3.05, 3.63) is 34.6 Å². The normalized spacial score (nSPS) is 19.1. The maximum Gasteiger partial charge on any atom is 0.130 e. The summed E-state index contributed by atoms with van der Waals surface area (Å²) in [7, 11) is 0. The van der Waals surface area contributed by atoms with Gasteiger partial charge < -0.3 is 10.5 Å². The van der Waals surface area contributed by atoms with E-state index in [0.717, 1.165) is 25.7 Å². The van der Waals surface area contributed by atoms with E-state index >= 15 is 0 Å². The van der Waals surface area contributed by atoms with E-state index in [1.807, 2.05) is 0 Å². The minimum Gasteiger partial charge on any atom is -0.375 e. The van der Waals surface area contributed by atoms with Crippen LogP contribution < -0.4 is 5.73 Å². The lowest BCUT2D eigenvalue weighted by Crippen LogP contribution is -2.43. The molecule has 19 heavy (non-hydrogen) atoms. The van der Waals surface area contributed by atoms with Crippen molar-refractivity contribution in [3.63, 3.8) is 0 Å². The molecule has 0 aliphatic heterocycles. The third kappa shape index (κ3) is 4.16. The Bertz CT molecular complexity index is 396. The molecule has 2 N–H and O–H groups in total. The Hall–Kier alpha value is -0.640. The first-order chi connectivity index (χ1) is 9.11. The molecule has 1 aromatic carbocycles. The topological polar surface area (TPSA) is 35.2 Å². The van der Waals surface area contributed by atoms with Crippen LogP contribution in [0.2, 0.25) is 5.02 Å². The summed E-state index contributed by atoms with van der Waals surface area (Å²) in [5.74, 6) is -0.320. The molecule has 1 fully saturated rings. The SMILES string of the molecule is NC1(COCc2c(F)cccc2Cl)CCCCCC1. The summed E-state index contributed by atoms with van der Waals surface area (Å²) in [6.45, 7) is 0.655. The standard InChI is InChI=1S/C15H21ClFNO/c16-13-6-5-7-14(17)12(13)10-19-11-15(18)8-3-1-2-4-9-15/h5-7H,1-4,8-11,18H2. The fourth-order valence-corrected chi connectivity index (χ4v) is 2.82. The van der Waals surface area contributed by atoms with Crippen LogP contribution in [0.15, 0.2) is 18.2 Å². The highest BCUT2D eigenvalue weighted by Gasteiger charge is 2.26. The molecular formula is C15H21ClFNO. The molecule has 0 amide bonds. The van der Waals surface area contributed by atoms with Crippen molar-refractivity contribution in [2.24, 2.45) is 5.73 Å². The molecule has 2 rings (SSSR count). The van der Waals surface area contributed by atoms with Gasteiger partial charge in [-0.05, 0) is 25.0 Å². The number of benzene rings is 1. The molecule has 1 aromatic rings. The van der Waals surface area contributed by atoms with Crippen molar-refractivity contribution in [1.29, 1.82) is 0 Å². The van der Waals surface area contributed by atoms with Gasteiger partial charge in [0.1, 0.15) is 5.82 Å². The lowest BCUT2D eigenvalue weighted by atomic mass is 9.92. The molecule has 0 unspecified atom stereocenters. The second-order valence-electron chi connectivity index (χ2n) is 5.47. The average molecular weight is 286 g/mol. The molecule has 0 heterocycles. The van der Waals surface area contributed by atoms with Crippen LogP contribution in [0.4, 0.5) is 4.39 Å². The Morgan fingerprint density at radius 1 is 1.21 bits per heavy atom. The van der Waals surface area contributed by atoms with Gasteiger partial charge >= 0.3 is 0 Å². The molecule has 2 nitrogen and oxygen atoms in total. The maximum absolute atomic E-state index is 13.6. The number of ether oxygens (including phenoxy) is 1. The van der Waals surface area contributed by atoms with E-state index in [-0.39, 0.29) is 18.0 Å². The number of rotatable bonds is 4. The second kappa shape index (κ2) is 6.69. The van der Waals surface area contributed by atoms with Gasteiger partial charge in [-0.15, -0.1) is 0 Å². The molecule has 0 spiro atoms. The highest BCUT2D eigenvalue weighted by atomic mass is 35.5. The van der Waals surface area contributed by atoms with Crippen molar-refractivity contribution >= 4 is 11.6 Å². The highest BCUT2D eigenvalue weighted by molar-refractivity contribution is 6.31. The first-order valence-electron chi connectivity index (χ1n) is 6.90. The van der Waals surface area contributed by atoms with E-state index in [1.54, 1.807) is 12.1 Å². The maximum atomic E-state index is 13.6. The van der Waals surface area contributed by atoms with Gasteiger partial charge in [0, 0.05) is 16.1 Å². The van der Waals surface area contributed by atoms with Crippen LogP contribution in [0.5, 0.6) is 0 Å². The fraction of sp³-hybridized carbons (Fsp3) is 0.600. The van der Waals surface area contributed by atoms with E-state index in [2.05, 4.69) is 0 Å². The molecule has 0 atom stereocenters. The summed E-state index contributed by atoms with van der Waals surface area (Å²) in [5.41, 5.74) is 6.51. The predicted octanol–water partition coefficient (Wildman–Crippen LogP) is 4.05. The highest BCUT2D eigenvalue weighted by Crippen LogP contribution is 2.26. The van der Waals surface area contributed by atoms with Crippen LogP contribution >= 0.6 is 11.6 Å². The largest absolute Gasteiger partial charge is 0.375 e. The van der Waals surface area contributed by atoms with Crippen LogP contribution in [0.1, 0.15) is 44.1 Å². The molecule has 0 radical (unpaired) electrons. The van der Waals surface area contributed by atoms with Crippen molar-refractivity contribution in [2.75, 3.05) is 6.61 Å². The molecule has 0 aromatic heterocycles. The smallest absolute Gasteiger partial charge is 0.130 e. The first-order valence-corrected chi connectivity index (χ1v) is 7.28. The van der Waals surface area contributed by atoms with Crippen molar-refractivity contribution in [3.8, 4) is 0 Å². The molecule has 1 aliphatic carbocycles. The molecule has 0 bridgehead atoms. The van der Waals surface area contributed by atoms with E-state index in [0.29, 0.717) is 17.2 Å². The van der Waals surface area contributed by atoms with Gasteiger partial charge in [0.15, 0.2) is 0 Å². The van der Waals surface area contributed by atoms with Crippen molar-refractivity contribution < 1.29 is 9.13 Å². The second-order valence-corrected chi connectivity index (χ2v) is 5.88. The predicted molar refractivity (Wildman–Crippen MR) is 75.7 cm³/mol. The quantitative estimate of drug-likeness (QED) is 0.847. The number of hydrogen-bond donors (Lipinski definition) is 1. The summed E-state index contributed by atoms with van der Waals surface area (Å²) in [6.07, 6.45) is 6.77. The summed E-state index contributed by atoms with van der Waals surface area (Å²) in [4.78, 5) is 0. The van der Waals surface area contributed by atoms with Gasteiger partial charge in [-0.1, -0.05) is 43.4 Å². The monoisotopic (exact) mass is 285 g/mol. The Kier molecular flexibility index (Phi) is 5.20. The number of hydrogen-bond acceptors (Lipinski definition) is 2. The zero-order valence-electron chi connectivity index (χ0n) is 11.1. The van der Waals surface area contributed by atoms with Gasteiger partial charge in [0.25, 0.3) is 0 Å². The molecule has 4 heteroatoms. The van der Waals surface area contributed by atoms with Gasteiger partial charge in [0.05, 0.1) is 13.2 Å². The van der Waals surface area contributed by atoms with Crippen LogP contribution in [0.3, 0.4) is 0 Å². The van der Waals surface area contributed by atoms with E-state index in [4.69, 9.17) is 22.1 Å². The van der Waals surface area contributed by atoms with Crippen molar-refractivity contribution in [1.82, 2.24) is 0 Å². The van der Waals surface area contributed by atoms with Gasteiger partial charge in [0.2, 0.25) is 0 Å². The fourth-order valence-electron chi connectivity index (χ4n) is 2.60.